The van der Waals surface area contributed by atoms with Crippen molar-refractivity contribution >= 4 is 40.7 Å². The average molecular weight is 647 g/mol. The molecule has 0 heterocycles. The van der Waals surface area contributed by atoms with Crippen molar-refractivity contribution in [3.8, 4) is 11.5 Å². The van der Waals surface area contributed by atoms with Crippen LogP contribution in [0.4, 0.5) is 0 Å². The molecule has 2 amide bonds. The van der Waals surface area contributed by atoms with E-state index in [0.29, 0.717) is 45.6 Å². The Labute approximate surface area is 237 Å². The van der Waals surface area contributed by atoms with E-state index in [0.717, 1.165) is 25.7 Å². The van der Waals surface area contributed by atoms with Gasteiger partial charge in [-0.2, -0.15) is 0 Å². The Kier molecular flexibility index (Phi) is 14.0. The fourth-order valence-corrected chi connectivity index (χ4v) is 5.05. The van der Waals surface area contributed by atoms with Crippen LogP contribution in [0.5, 0.6) is 11.5 Å². The van der Waals surface area contributed by atoms with Crippen LogP contribution >= 0.6 is 22.6 Å². The number of unbranched alkanes of at least 4 members (excludes halogenated alkanes) is 3. The molecular formula is C27H39IN2O8. The maximum Gasteiger partial charge on any atom is 0.248 e. The predicted molar refractivity (Wildman–Crippen MR) is 150 cm³/mol. The number of carbonyl (C=O) groups is 3. The van der Waals surface area contributed by atoms with Crippen molar-refractivity contribution in [2.45, 2.75) is 64.2 Å². The van der Waals surface area contributed by atoms with Crippen molar-refractivity contribution in [3.63, 3.8) is 0 Å². The quantitative estimate of drug-likeness (QED) is 0.142. The number of nitrogens with one attached hydrogen (secondary N) is 1. The van der Waals surface area contributed by atoms with Crippen LogP contribution in [0.25, 0.3) is 0 Å². The van der Waals surface area contributed by atoms with Gasteiger partial charge in [-0.15, -0.1) is 0 Å². The Balaban J connectivity index is 2.46. The molecule has 0 unspecified atom stereocenters. The zero-order valence-electron chi connectivity index (χ0n) is 22.3. The van der Waals surface area contributed by atoms with E-state index in [1.54, 1.807) is 24.0 Å². The molecule has 0 bridgehead atoms. The Hall–Kier alpha value is -2.22. The Morgan fingerprint density at radius 3 is 2.63 bits per heavy atom. The van der Waals surface area contributed by atoms with Crippen molar-refractivity contribution in [3.05, 3.63) is 32.9 Å². The summed E-state index contributed by atoms with van der Waals surface area (Å²) in [4.78, 5) is 39.0. The van der Waals surface area contributed by atoms with Crippen molar-refractivity contribution in [2.75, 3.05) is 40.0 Å². The third kappa shape index (κ3) is 8.92. The number of ether oxygens (including phenoxy) is 3. The SMILES string of the molecule is CCCCCCN(C(=O)COCC)[C@@H]1CC(C(=O)NCCO)=C[C@H](Oc2c(I)cc(C=O)cc2OC)[C@H]1O. The molecule has 0 aliphatic heterocycles. The molecule has 0 aromatic heterocycles. The molecule has 10 nitrogen and oxygen atoms in total. The van der Waals surface area contributed by atoms with Gasteiger partial charge in [0, 0.05) is 37.3 Å². The standard InChI is InChI=1S/C27H39IN2O8/c1-4-6-7-8-10-30(24(33)17-37-5-2)21-14-19(27(35)29-9-11-31)15-22(25(21)34)38-26-20(28)12-18(16-32)13-23(26)36-3/h12-13,15-16,21-22,25,31,34H,4-11,14,17H2,1-3H3,(H,29,35)/t21-,22+,25+/m1/s1. The molecule has 212 valence electrons. The predicted octanol–water partition coefficient (Wildman–Crippen LogP) is 2.47. The minimum absolute atomic E-state index is 0.0673. The number of carbonyl (C=O) groups excluding carboxylic acids is 3. The number of hydrogen-bond acceptors (Lipinski definition) is 8. The number of aldehydes is 1. The van der Waals surface area contributed by atoms with Gasteiger partial charge in [0.05, 0.1) is 23.3 Å². The molecule has 2 rings (SSSR count). The number of nitrogens with zero attached hydrogens (tertiary/aromatic N) is 1. The summed E-state index contributed by atoms with van der Waals surface area (Å²) in [7, 11) is 1.45. The monoisotopic (exact) mass is 646 g/mol. The van der Waals surface area contributed by atoms with Gasteiger partial charge in [0.25, 0.3) is 0 Å². The van der Waals surface area contributed by atoms with Crippen LogP contribution in [0.2, 0.25) is 0 Å². The summed E-state index contributed by atoms with van der Waals surface area (Å²) in [5.74, 6) is -0.0712. The van der Waals surface area contributed by atoms with Crippen LogP contribution in [0.3, 0.4) is 0 Å². The number of halogens is 1. The molecule has 1 aliphatic carbocycles. The lowest BCUT2D eigenvalue weighted by Gasteiger charge is -2.40. The van der Waals surface area contributed by atoms with E-state index < -0.39 is 24.2 Å². The van der Waals surface area contributed by atoms with Crippen LogP contribution in [0, 0.1) is 3.57 Å². The van der Waals surface area contributed by atoms with E-state index in [2.05, 4.69) is 12.2 Å². The van der Waals surface area contributed by atoms with Crippen molar-refractivity contribution in [1.82, 2.24) is 10.2 Å². The summed E-state index contributed by atoms with van der Waals surface area (Å²) in [6, 6.07) is 2.41. The van der Waals surface area contributed by atoms with E-state index in [1.807, 2.05) is 22.6 Å². The first-order chi connectivity index (χ1) is 18.3. The highest BCUT2D eigenvalue weighted by molar-refractivity contribution is 14.1. The van der Waals surface area contributed by atoms with Gasteiger partial charge >= 0.3 is 0 Å². The van der Waals surface area contributed by atoms with Crippen LogP contribution in [0.1, 0.15) is 56.3 Å². The number of amides is 2. The number of hydrogen-bond donors (Lipinski definition) is 3. The normalized spacial score (nSPS) is 18.9. The summed E-state index contributed by atoms with van der Waals surface area (Å²) in [5.41, 5.74) is 0.736. The lowest BCUT2D eigenvalue weighted by atomic mass is 9.88. The highest BCUT2D eigenvalue weighted by Gasteiger charge is 2.40. The fourth-order valence-electron chi connectivity index (χ4n) is 4.29. The summed E-state index contributed by atoms with van der Waals surface area (Å²) in [6.45, 7) is 4.39. The molecule has 1 aliphatic rings. The molecule has 1 aromatic carbocycles. The second-order valence-electron chi connectivity index (χ2n) is 8.95. The third-order valence-electron chi connectivity index (χ3n) is 6.26. The number of rotatable bonds is 16. The molecule has 3 atom stereocenters. The maximum absolute atomic E-state index is 13.2. The molecule has 0 saturated carbocycles. The van der Waals surface area contributed by atoms with Gasteiger partial charge in [0.1, 0.15) is 25.1 Å². The Morgan fingerprint density at radius 2 is 2.00 bits per heavy atom. The fraction of sp³-hybridized carbons (Fsp3) is 0.593. The van der Waals surface area contributed by atoms with E-state index >= 15 is 0 Å². The van der Waals surface area contributed by atoms with Gasteiger partial charge in [-0.25, -0.2) is 0 Å². The highest BCUT2D eigenvalue weighted by atomic mass is 127. The molecule has 0 saturated heterocycles. The molecule has 38 heavy (non-hydrogen) atoms. The first-order valence-electron chi connectivity index (χ1n) is 13.0. The largest absolute Gasteiger partial charge is 0.493 e. The third-order valence-corrected chi connectivity index (χ3v) is 7.06. The second kappa shape index (κ2) is 16.7. The lowest BCUT2D eigenvalue weighted by Crippen LogP contribution is -2.56. The van der Waals surface area contributed by atoms with E-state index in [-0.39, 0.29) is 32.1 Å². The lowest BCUT2D eigenvalue weighted by molar-refractivity contribution is -0.143. The number of aliphatic hydroxyl groups excluding tert-OH is 2. The van der Waals surface area contributed by atoms with E-state index in [9.17, 15) is 19.5 Å². The summed E-state index contributed by atoms with van der Waals surface area (Å²) >= 11 is 2.01. The number of methoxy groups -OCH3 is 1. The van der Waals surface area contributed by atoms with Crippen LogP contribution in [-0.2, 0) is 14.3 Å². The average Bonchev–Trinajstić information content (AvgIpc) is 2.92. The first-order valence-corrected chi connectivity index (χ1v) is 14.0. The van der Waals surface area contributed by atoms with Crippen molar-refractivity contribution < 1.29 is 38.8 Å². The van der Waals surface area contributed by atoms with Crippen molar-refractivity contribution in [1.29, 1.82) is 0 Å². The maximum atomic E-state index is 13.2. The zero-order chi connectivity index (χ0) is 28.1. The molecule has 1 aromatic rings. The van der Waals surface area contributed by atoms with Gasteiger partial charge in [-0.05, 0) is 54.1 Å². The van der Waals surface area contributed by atoms with Crippen LogP contribution in [0.15, 0.2) is 23.8 Å². The molecule has 0 spiro atoms. The van der Waals surface area contributed by atoms with E-state index in [1.165, 1.54) is 13.2 Å². The highest BCUT2D eigenvalue weighted by Crippen LogP contribution is 2.37. The minimum Gasteiger partial charge on any atom is -0.493 e. The molecule has 0 fully saturated rings. The van der Waals surface area contributed by atoms with Gasteiger partial charge in [-0.1, -0.05) is 26.2 Å². The first kappa shape index (κ1) is 32.0. The molecule has 3 N–H and O–H groups in total. The molecule has 11 heteroatoms. The molecular weight excluding hydrogens is 607 g/mol. The summed E-state index contributed by atoms with van der Waals surface area (Å²) in [5, 5.41) is 23.3. The van der Waals surface area contributed by atoms with Gasteiger partial charge in [-0.3, -0.25) is 14.4 Å². The van der Waals surface area contributed by atoms with E-state index in [4.69, 9.17) is 19.3 Å². The summed E-state index contributed by atoms with van der Waals surface area (Å²) in [6.07, 6.45) is 3.93. The number of benzene rings is 1. The van der Waals surface area contributed by atoms with Gasteiger partial charge < -0.3 is 34.6 Å². The zero-order valence-corrected chi connectivity index (χ0v) is 24.4. The van der Waals surface area contributed by atoms with Gasteiger partial charge in [0.2, 0.25) is 11.8 Å². The smallest absolute Gasteiger partial charge is 0.248 e. The van der Waals surface area contributed by atoms with Crippen LogP contribution in [-0.4, -0.2) is 91.5 Å². The Morgan fingerprint density at radius 1 is 1.24 bits per heavy atom. The van der Waals surface area contributed by atoms with Crippen LogP contribution < -0.4 is 14.8 Å². The molecule has 0 radical (unpaired) electrons. The number of aliphatic hydroxyl groups is 2. The summed E-state index contributed by atoms with van der Waals surface area (Å²) < 4.78 is 17.6. The van der Waals surface area contributed by atoms with Crippen molar-refractivity contribution in [2.24, 2.45) is 0 Å². The topological polar surface area (TPSA) is 135 Å². The second-order valence-corrected chi connectivity index (χ2v) is 10.1. The minimum atomic E-state index is -1.16. The van der Waals surface area contributed by atoms with Gasteiger partial charge in [0.15, 0.2) is 11.5 Å². The Bertz CT molecular complexity index is 971.